The summed E-state index contributed by atoms with van der Waals surface area (Å²) in [5.74, 6) is 2.17. The summed E-state index contributed by atoms with van der Waals surface area (Å²) >= 11 is 1.87. The van der Waals surface area contributed by atoms with E-state index >= 15 is 0 Å². The van der Waals surface area contributed by atoms with Crippen LogP contribution in [0, 0.1) is 5.41 Å². The lowest BCUT2D eigenvalue weighted by atomic mass is 9.83. The minimum absolute atomic E-state index is 0.0579. The monoisotopic (exact) mass is 177 g/mol. The van der Waals surface area contributed by atoms with Crippen LogP contribution in [0.2, 0.25) is 0 Å². The maximum atomic E-state index is 12.7. The van der Waals surface area contributed by atoms with E-state index in [1.807, 2.05) is 11.8 Å². The van der Waals surface area contributed by atoms with Gasteiger partial charge in [-0.1, -0.05) is 0 Å². The van der Waals surface area contributed by atoms with Gasteiger partial charge < -0.3 is 5.73 Å². The van der Waals surface area contributed by atoms with Crippen molar-refractivity contribution in [3.63, 3.8) is 0 Å². The summed E-state index contributed by atoms with van der Waals surface area (Å²) in [5, 5.41) is 0. The molecule has 0 aliphatic carbocycles. The van der Waals surface area contributed by atoms with Crippen LogP contribution < -0.4 is 5.73 Å². The van der Waals surface area contributed by atoms with Gasteiger partial charge in [-0.15, -0.1) is 0 Å². The van der Waals surface area contributed by atoms with Crippen LogP contribution >= 0.6 is 11.8 Å². The van der Waals surface area contributed by atoms with Crippen molar-refractivity contribution in [1.82, 2.24) is 0 Å². The second-order valence-electron chi connectivity index (χ2n) is 3.33. The van der Waals surface area contributed by atoms with E-state index in [0.717, 1.165) is 25.0 Å². The fourth-order valence-corrected chi connectivity index (χ4v) is 2.88. The minimum Gasteiger partial charge on any atom is -0.330 e. The van der Waals surface area contributed by atoms with E-state index in [-0.39, 0.29) is 12.1 Å². The normalized spacial score (nSPS) is 32.2. The van der Waals surface area contributed by atoms with Crippen molar-refractivity contribution in [3.8, 4) is 0 Å². The van der Waals surface area contributed by atoms with Gasteiger partial charge in [-0.25, -0.2) is 0 Å². The zero-order chi connectivity index (χ0) is 8.16. The zero-order valence-electron chi connectivity index (χ0n) is 6.81. The molecule has 3 heteroatoms. The van der Waals surface area contributed by atoms with Crippen molar-refractivity contribution in [1.29, 1.82) is 0 Å². The highest BCUT2D eigenvalue weighted by molar-refractivity contribution is 7.99. The molecule has 1 fully saturated rings. The summed E-state index contributed by atoms with van der Waals surface area (Å²) < 4.78 is 12.7. The summed E-state index contributed by atoms with van der Waals surface area (Å²) in [5.41, 5.74) is 5.39. The van der Waals surface area contributed by atoms with E-state index in [2.05, 4.69) is 0 Å². The van der Waals surface area contributed by atoms with E-state index in [1.165, 1.54) is 5.75 Å². The maximum absolute atomic E-state index is 12.7. The molecule has 1 aliphatic rings. The molecule has 1 nitrogen and oxygen atoms in total. The number of alkyl halides is 1. The number of hydrogen-bond donors (Lipinski definition) is 1. The molecule has 0 aromatic rings. The van der Waals surface area contributed by atoms with Crippen LogP contribution in [0.3, 0.4) is 0 Å². The highest BCUT2D eigenvalue weighted by atomic mass is 32.2. The predicted molar refractivity (Wildman–Crippen MR) is 48.6 cm³/mol. The Balaban J connectivity index is 2.42. The third-order valence-corrected chi connectivity index (χ3v) is 3.76. The first-order chi connectivity index (χ1) is 5.33. The average molecular weight is 177 g/mol. The van der Waals surface area contributed by atoms with Crippen LogP contribution in [0.1, 0.15) is 19.3 Å². The van der Waals surface area contributed by atoms with Gasteiger partial charge in [-0.3, -0.25) is 4.39 Å². The molecule has 1 atom stereocenters. The highest BCUT2D eigenvalue weighted by Gasteiger charge is 2.31. The van der Waals surface area contributed by atoms with Gasteiger partial charge in [-0.05, 0) is 31.6 Å². The van der Waals surface area contributed by atoms with Crippen LogP contribution in [-0.4, -0.2) is 24.7 Å². The Labute approximate surface area is 71.9 Å². The van der Waals surface area contributed by atoms with Crippen molar-refractivity contribution in [3.05, 3.63) is 0 Å². The molecule has 1 saturated heterocycles. The fraction of sp³-hybridized carbons (Fsp3) is 1.00. The van der Waals surface area contributed by atoms with Crippen molar-refractivity contribution < 1.29 is 4.39 Å². The Morgan fingerprint density at radius 1 is 1.55 bits per heavy atom. The number of nitrogens with two attached hydrogens (primary N) is 1. The largest absolute Gasteiger partial charge is 0.330 e. The number of thioether (sulfide) groups is 1. The van der Waals surface area contributed by atoms with Crippen LogP contribution in [0.25, 0.3) is 0 Å². The zero-order valence-corrected chi connectivity index (χ0v) is 7.63. The number of hydrogen-bond acceptors (Lipinski definition) is 2. The standard InChI is InChI=1S/C8H16FNS/c9-6-8(3-4-10)2-1-5-11-7-8/h1-7,10H2. The van der Waals surface area contributed by atoms with Gasteiger partial charge >= 0.3 is 0 Å². The smallest absolute Gasteiger partial charge is 0.0959 e. The quantitative estimate of drug-likeness (QED) is 0.711. The van der Waals surface area contributed by atoms with Crippen molar-refractivity contribution in [2.24, 2.45) is 11.1 Å². The third-order valence-electron chi connectivity index (χ3n) is 2.36. The average Bonchev–Trinajstić information content (AvgIpc) is 2.07. The van der Waals surface area contributed by atoms with Crippen LogP contribution in [0.5, 0.6) is 0 Å². The van der Waals surface area contributed by atoms with Gasteiger partial charge in [0.1, 0.15) is 0 Å². The van der Waals surface area contributed by atoms with Crippen molar-refractivity contribution in [2.45, 2.75) is 19.3 Å². The molecule has 1 unspecified atom stereocenters. The summed E-state index contributed by atoms with van der Waals surface area (Å²) in [6, 6.07) is 0. The summed E-state index contributed by atoms with van der Waals surface area (Å²) in [7, 11) is 0. The Hall–Kier alpha value is 0.240. The topological polar surface area (TPSA) is 26.0 Å². The number of halogens is 1. The molecule has 1 aliphatic heterocycles. The Bertz CT molecular complexity index is 107. The molecule has 1 heterocycles. The van der Waals surface area contributed by atoms with E-state index in [4.69, 9.17) is 5.73 Å². The SMILES string of the molecule is NCCC1(CF)CCCSC1. The first-order valence-electron chi connectivity index (χ1n) is 4.17. The molecular weight excluding hydrogens is 161 g/mol. The van der Waals surface area contributed by atoms with Gasteiger partial charge in [0.05, 0.1) is 6.67 Å². The molecule has 0 amide bonds. The summed E-state index contributed by atoms with van der Waals surface area (Å²) in [6.45, 7) is 0.446. The van der Waals surface area contributed by atoms with Crippen molar-refractivity contribution >= 4 is 11.8 Å². The van der Waals surface area contributed by atoms with Crippen LogP contribution in [0.4, 0.5) is 4.39 Å². The van der Waals surface area contributed by atoms with Gasteiger partial charge in [0, 0.05) is 11.2 Å². The molecule has 1 rings (SSSR count). The molecule has 11 heavy (non-hydrogen) atoms. The van der Waals surface area contributed by atoms with Crippen LogP contribution in [-0.2, 0) is 0 Å². The Morgan fingerprint density at radius 3 is 2.82 bits per heavy atom. The minimum atomic E-state index is -0.183. The van der Waals surface area contributed by atoms with E-state index in [9.17, 15) is 4.39 Å². The lowest BCUT2D eigenvalue weighted by molar-refractivity contribution is 0.202. The van der Waals surface area contributed by atoms with Gasteiger partial charge in [0.2, 0.25) is 0 Å². The summed E-state index contributed by atoms with van der Waals surface area (Å²) in [4.78, 5) is 0. The molecule has 0 aromatic carbocycles. The molecule has 0 radical (unpaired) electrons. The fourth-order valence-electron chi connectivity index (χ4n) is 1.59. The predicted octanol–water partition coefficient (Wildman–Crippen LogP) is 1.82. The second kappa shape index (κ2) is 4.31. The Morgan fingerprint density at radius 2 is 2.36 bits per heavy atom. The lowest BCUT2D eigenvalue weighted by Crippen LogP contribution is -2.32. The highest BCUT2D eigenvalue weighted by Crippen LogP contribution is 2.37. The molecule has 0 spiro atoms. The Kier molecular flexibility index (Phi) is 3.66. The summed E-state index contributed by atoms with van der Waals surface area (Å²) in [6.07, 6.45) is 3.05. The molecular formula is C8H16FNS. The number of rotatable bonds is 3. The molecule has 0 bridgehead atoms. The lowest BCUT2D eigenvalue weighted by Gasteiger charge is -2.33. The molecule has 66 valence electrons. The first kappa shape index (κ1) is 9.33. The molecule has 2 N–H and O–H groups in total. The van der Waals surface area contributed by atoms with Gasteiger partial charge in [-0.2, -0.15) is 11.8 Å². The maximum Gasteiger partial charge on any atom is 0.0959 e. The molecule has 0 aromatic heterocycles. The third kappa shape index (κ3) is 2.34. The van der Waals surface area contributed by atoms with E-state index in [0.29, 0.717) is 6.54 Å². The van der Waals surface area contributed by atoms with E-state index < -0.39 is 0 Å². The first-order valence-corrected chi connectivity index (χ1v) is 5.32. The molecule has 0 saturated carbocycles. The van der Waals surface area contributed by atoms with Gasteiger partial charge in [0.15, 0.2) is 0 Å². The van der Waals surface area contributed by atoms with Crippen LogP contribution in [0.15, 0.2) is 0 Å². The van der Waals surface area contributed by atoms with Gasteiger partial charge in [0.25, 0.3) is 0 Å². The van der Waals surface area contributed by atoms with E-state index in [1.54, 1.807) is 0 Å². The second-order valence-corrected chi connectivity index (χ2v) is 4.43. The van der Waals surface area contributed by atoms with Crippen molar-refractivity contribution in [2.75, 3.05) is 24.7 Å².